The summed E-state index contributed by atoms with van der Waals surface area (Å²) >= 11 is 0. The zero-order valence-electron chi connectivity index (χ0n) is 14.4. The van der Waals surface area contributed by atoms with Crippen LogP contribution in [0.3, 0.4) is 0 Å². The molecule has 7 nitrogen and oxygen atoms in total. The summed E-state index contributed by atoms with van der Waals surface area (Å²) in [6.07, 6.45) is 4.42. The lowest BCUT2D eigenvalue weighted by Crippen LogP contribution is -2.76. The van der Waals surface area contributed by atoms with E-state index in [0.29, 0.717) is 13.1 Å². The second-order valence-corrected chi connectivity index (χ2v) is 14.8. The Morgan fingerprint density at radius 3 is 1.77 bits per heavy atom. The highest BCUT2D eigenvalue weighted by Gasteiger charge is 2.71. The van der Waals surface area contributed by atoms with Crippen molar-refractivity contribution >= 4 is 16.4 Å². The standard InChI is InChI=1S/C13H32N2O5Si2/c1-16-21(17-2)12-9-13(7-5-10-14,8-6-11-15)20-22(21,18-3)19-4/h5-12,14-15H2,1-4H3. The second-order valence-electron chi connectivity index (χ2n) is 5.70. The fourth-order valence-corrected chi connectivity index (χ4v) is 13.2. The molecular weight excluding hydrogens is 320 g/mol. The first-order valence-electron chi connectivity index (χ1n) is 7.84. The van der Waals surface area contributed by atoms with Crippen LogP contribution in [-0.2, 0) is 22.1 Å². The van der Waals surface area contributed by atoms with Crippen LogP contribution in [0.25, 0.3) is 0 Å². The molecule has 0 amide bonds. The van der Waals surface area contributed by atoms with Crippen molar-refractivity contribution in [2.45, 2.75) is 43.7 Å². The molecule has 1 rings (SSSR count). The second kappa shape index (κ2) is 8.85. The first-order valence-corrected chi connectivity index (χ1v) is 12.6. The number of rotatable bonds is 10. The van der Waals surface area contributed by atoms with Gasteiger partial charge in [-0.15, -0.1) is 0 Å². The number of nitrogens with two attached hydrogens (primary N) is 2. The van der Waals surface area contributed by atoms with Gasteiger partial charge in [0, 0.05) is 28.4 Å². The van der Waals surface area contributed by atoms with Gasteiger partial charge in [-0.05, 0) is 51.2 Å². The Morgan fingerprint density at radius 1 is 0.909 bits per heavy atom. The van der Waals surface area contributed by atoms with Crippen molar-refractivity contribution < 1.29 is 22.1 Å². The fourth-order valence-electron chi connectivity index (χ4n) is 3.30. The van der Waals surface area contributed by atoms with Gasteiger partial charge in [0.1, 0.15) is 0 Å². The van der Waals surface area contributed by atoms with Crippen LogP contribution in [0.2, 0.25) is 6.04 Å². The minimum absolute atomic E-state index is 0.301. The van der Waals surface area contributed by atoms with Crippen molar-refractivity contribution in [3.63, 3.8) is 0 Å². The monoisotopic (exact) mass is 352 g/mol. The van der Waals surface area contributed by atoms with Crippen molar-refractivity contribution in [3.05, 3.63) is 0 Å². The zero-order valence-corrected chi connectivity index (χ0v) is 16.4. The van der Waals surface area contributed by atoms with Crippen molar-refractivity contribution in [3.8, 4) is 0 Å². The number of hydrogen-bond donors (Lipinski definition) is 2. The topological polar surface area (TPSA) is 98.2 Å². The molecule has 1 fully saturated rings. The average Bonchev–Trinajstić information content (AvgIpc) is 2.58. The van der Waals surface area contributed by atoms with Gasteiger partial charge in [-0.3, -0.25) is 0 Å². The van der Waals surface area contributed by atoms with E-state index in [9.17, 15) is 0 Å². The van der Waals surface area contributed by atoms with Crippen LogP contribution in [0.5, 0.6) is 0 Å². The first-order chi connectivity index (χ1) is 10.5. The maximum Gasteiger partial charge on any atom is 0.539 e. The summed E-state index contributed by atoms with van der Waals surface area (Å²) in [7, 11) is 0.861. The van der Waals surface area contributed by atoms with Gasteiger partial charge in [-0.25, -0.2) is 0 Å². The molecule has 22 heavy (non-hydrogen) atoms. The van der Waals surface area contributed by atoms with E-state index < -0.39 is 16.4 Å². The fraction of sp³-hybridized carbons (Fsp3) is 1.00. The summed E-state index contributed by atoms with van der Waals surface area (Å²) in [5.74, 6) is 0. The van der Waals surface area contributed by atoms with Gasteiger partial charge >= 0.3 is 16.4 Å². The summed E-state index contributed by atoms with van der Waals surface area (Å²) < 4.78 is 29.7. The zero-order chi connectivity index (χ0) is 16.7. The highest BCUT2D eigenvalue weighted by molar-refractivity contribution is 7.29. The third kappa shape index (κ3) is 3.79. The summed E-state index contributed by atoms with van der Waals surface area (Å²) in [6, 6.07) is 0.795. The van der Waals surface area contributed by atoms with E-state index >= 15 is 0 Å². The molecule has 1 aliphatic rings. The molecule has 0 aromatic rings. The lowest BCUT2D eigenvalue weighted by Gasteiger charge is -2.51. The third-order valence-corrected chi connectivity index (χ3v) is 15.8. The van der Waals surface area contributed by atoms with E-state index in [4.69, 9.17) is 33.6 Å². The molecule has 0 bridgehead atoms. The molecule has 9 heteroatoms. The molecule has 132 valence electrons. The summed E-state index contributed by atoms with van der Waals surface area (Å²) in [4.78, 5) is 0. The summed E-state index contributed by atoms with van der Waals surface area (Å²) in [5, 5.41) is 0. The van der Waals surface area contributed by atoms with E-state index in [2.05, 4.69) is 0 Å². The van der Waals surface area contributed by atoms with Crippen LogP contribution in [-0.4, -0.2) is 63.5 Å². The van der Waals surface area contributed by atoms with Crippen LogP contribution >= 0.6 is 0 Å². The Balaban J connectivity index is 3.09. The molecule has 0 radical (unpaired) electrons. The first kappa shape index (κ1) is 20.2. The average molecular weight is 353 g/mol. The Labute approximate surface area is 136 Å². The van der Waals surface area contributed by atoms with Crippen LogP contribution in [0.4, 0.5) is 0 Å². The molecule has 0 atom stereocenters. The van der Waals surface area contributed by atoms with E-state index in [1.54, 1.807) is 28.4 Å². The normalized spacial score (nSPS) is 22.6. The van der Waals surface area contributed by atoms with Gasteiger partial charge in [-0.1, -0.05) is 0 Å². The summed E-state index contributed by atoms with van der Waals surface area (Å²) in [6.45, 7) is 1.28. The Bertz CT molecular complexity index is 320. The molecule has 0 aliphatic carbocycles. The molecule has 1 heterocycles. The summed E-state index contributed by atoms with van der Waals surface area (Å²) in [5.41, 5.74) is 11.1. The van der Waals surface area contributed by atoms with Gasteiger partial charge < -0.3 is 33.6 Å². The van der Waals surface area contributed by atoms with E-state index in [-0.39, 0.29) is 5.60 Å². The molecule has 1 saturated heterocycles. The van der Waals surface area contributed by atoms with E-state index in [1.165, 1.54) is 0 Å². The lowest BCUT2D eigenvalue weighted by molar-refractivity contribution is -0.0424. The van der Waals surface area contributed by atoms with E-state index in [1.807, 2.05) is 0 Å². The Kier molecular flexibility index (Phi) is 8.13. The van der Waals surface area contributed by atoms with Gasteiger partial charge in [0.05, 0.1) is 5.60 Å². The largest absolute Gasteiger partial charge is 0.539 e. The highest BCUT2D eigenvalue weighted by Crippen LogP contribution is 2.44. The minimum Gasteiger partial charge on any atom is -0.395 e. The molecule has 0 aromatic carbocycles. The third-order valence-electron chi connectivity index (χ3n) is 4.60. The Hall–Kier alpha value is 0.154. The maximum atomic E-state index is 6.56. The van der Waals surface area contributed by atoms with Crippen LogP contribution < -0.4 is 11.5 Å². The van der Waals surface area contributed by atoms with Gasteiger partial charge in [0.25, 0.3) is 0 Å². The van der Waals surface area contributed by atoms with Crippen molar-refractivity contribution in [2.24, 2.45) is 11.5 Å². The maximum absolute atomic E-state index is 6.56. The Morgan fingerprint density at radius 2 is 1.41 bits per heavy atom. The van der Waals surface area contributed by atoms with Gasteiger partial charge in [-0.2, -0.15) is 0 Å². The van der Waals surface area contributed by atoms with Crippen LogP contribution in [0.15, 0.2) is 0 Å². The van der Waals surface area contributed by atoms with Gasteiger partial charge in [0.15, 0.2) is 0 Å². The minimum atomic E-state index is -3.03. The van der Waals surface area contributed by atoms with Crippen molar-refractivity contribution in [1.29, 1.82) is 0 Å². The molecule has 4 N–H and O–H groups in total. The lowest BCUT2D eigenvalue weighted by atomic mass is 9.89. The predicted octanol–water partition coefficient (Wildman–Crippen LogP) is 0.668. The van der Waals surface area contributed by atoms with Crippen LogP contribution in [0, 0.1) is 0 Å². The molecule has 0 saturated carbocycles. The van der Waals surface area contributed by atoms with E-state index in [0.717, 1.165) is 38.1 Å². The molecular formula is C13H32N2O5Si2. The predicted molar refractivity (Wildman–Crippen MR) is 89.4 cm³/mol. The molecule has 0 aromatic heterocycles. The smallest absolute Gasteiger partial charge is 0.395 e. The van der Waals surface area contributed by atoms with Crippen molar-refractivity contribution in [1.82, 2.24) is 0 Å². The van der Waals surface area contributed by atoms with Crippen molar-refractivity contribution in [2.75, 3.05) is 41.5 Å². The molecule has 0 unspecified atom stereocenters. The molecule has 1 aliphatic heterocycles. The van der Waals surface area contributed by atoms with Gasteiger partial charge in [0.2, 0.25) is 0 Å². The highest BCUT2D eigenvalue weighted by atomic mass is 29.3. The van der Waals surface area contributed by atoms with Crippen LogP contribution in [0.1, 0.15) is 32.1 Å². The number of hydrogen-bond acceptors (Lipinski definition) is 7. The molecule has 0 spiro atoms. The quantitative estimate of drug-likeness (QED) is 0.558. The SMILES string of the molecule is CO[Si]1(OC)CCC(CCCN)(CCCN)O[Si]1(OC)OC.